The SMILES string of the molecule is CC1CCC2CCCC[N+]2(C)C1.[I-]. The molecule has 3 atom stereocenters. The minimum absolute atomic E-state index is 0. The number of nitrogens with zero attached hydrogens (tertiary/aromatic N) is 1. The number of halogens is 1. The number of rotatable bonds is 0. The van der Waals surface area contributed by atoms with E-state index in [2.05, 4.69) is 14.0 Å². The molecule has 0 radical (unpaired) electrons. The summed E-state index contributed by atoms with van der Waals surface area (Å²) in [6.07, 6.45) is 7.45. The molecule has 78 valence electrons. The second-order valence-corrected chi connectivity index (χ2v) is 5.22. The summed E-state index contributed by atoms with van der Waals surface area (Å²) in [5.41, 5.74) is 0. The molecule has 2 rings (SSSR count). The molecule has 3 unspecified atom stereocenters. The van der Waals surface area contributed by atoms with Crippen molar-refractivity contribution in [2.45, 2.75) is 45.1 Å². The number of fused-ring (bicyclic) bond motifs is 1. The number of piperidine rings is 2. The Hall–Kier alpha value is 0.690. The van der Waals surface area contributed by atoms with Gasteiger partial charge < -0.3 is 28.5 Å². The van der Waals surface area contributed by atoms with Gasteiger partial charge >= 0.3 is 0 Å². The van der Waals surface area contributed by atoms with Crippen LogP contribution in [0, 0.1) is 5.92 Å². The largest absolute Gasteiger partial charge is 1.00 e. The van der Waals surface area contributed by atoms with Crippen molar-refractivity contribution < 1.29 is 28.5 Å². The van der Waals surface area contributed by atoms with Gasteiger partial charge in [0.05, 0.1) is 26.2 Å². The first-order valence-corrected chi connectivity index (χ1v) is 5.55. The van der Waals surface area contributed by atoms with Gasteiger partial charge in [-0.25, -0.2) is 0 Å². The molecule has 0 aliphatic carbocycles. The number of quaternary nitrogens is 1. The maximum absolute atomic E-state index is 2.49. The Labute approximate surface area is 99.5 Å². The third-order valence-electron chi connectivity index (χ3n) is 4.06. The molecular formula is C11H22IN. The fourth-order valence-electron chi connectivity index (χ4n) is 3.32. The van der Waals surface area contributed by atoms with E-state index in [4.69, 9.17) is 0 Å². The van der Waals surface area contributed by atoms with Crippen LogP contribution in [0.3, 0.4) is 0 Å². The Balaban J connectivity index is 0.000000845. The topological polar surface area (TPSA) is 0 Å². The lowest BCUT2D eigenvalue weighted by molar-refractivity contribution is -0.946. The van der Waals surface area contributed by atoms with Crippen molar-refractivity contribution in [3.8, 4) is 0 Å². The Morgan fingerprint density at radius 3 is 2.62 bits per heavy atom. The molecule has 2 aliphatic heterocycles. The van der Waals surface area contributed by atoms with E-state index in [1.165, 1.54) is 49.7 Å². The van der Waals surface area contributed by atoms with Gasteiger partial charge in [0.25, 0.3) is 0 Å². The van der Waals surface area contributed by atoms with Gasteiger partial charge in [-0.2, -0.15) is 0 Å². The van der Waals surface area contributed by atoms with Crippen LogP contribution in [0.4, 0.5) is 0 Å². The summed E-state index contributed by atoms with van der Waals surface area (Å²) in [5, 5.41) is 0. The molecule has 0 aromatic rings. The smallest absolute Gasteiger partial charge is 0.0888 e. The Morgan fingerprint density at radius 1 is 1.08 bits per heavy atom. The highest BCUT2D eigenvalue weighted by molar-refractivity contribution is 4.72. The fourth-order valence-corrected chi connectivity index (χ4v) is 3.32. The van der Waals surface area contributed by atoms with E-state index in [9.17, 15) is 0 Å². The van der Waals surface area contributed by atoms with Crippen molar-refractivity contribution in [2.75, 3.05) is 20.1 Å². The average Bonchev–Trinajstić information content (AvgIpc) is 2.02. The van der Waals surface area contributed by atoms with E-state index in [0.717, 1.165) is 12.0 Å². The first-order chi connectivity index (χ1) is 5.71. The van der Waals surface area contributed by atoms with Gasteiger partial charge in [0.2, 0.25) is 0 Å². The van der Waals surface area contributed by atoms with Crippen LogP contribution in [0.15, 0.2) is 0 Å². The second kappa shape index (κ2) is 4.47. The first kappa shape index (κ1) is 11.8. The van der Waals surface area contributed by atoms with E-state index >= 15 is 0 Å². The molecule has 0 saturated carbocycles. The summed E-state index contributed by atoms with van der Waals surface area (Å²) < 4.78 is 1.40. The maximum Gasteiger partial charge on any atom is 0.0888 e. The summed E-state index contributed by atoms with van der Waals surface area (Å²) in [7, 11) is 2.49. The molecule has 2 aliphatic rings. The summed E-state index contributed by atoms with van der Waals surface area (Å²) in [5.74, 6) is 0.976. The average molecular weight is 295 g/mol. The Morgan fingerprint density at radius 2 is 1.85 bits per heavy atom. The molecule has 2 heteroatoms. The fraction of sp³-hybridized carbons (Fsp3) is 1.00. The number of hydrogen-bond donors (Lipinski definition) is 0. The van der Waals surface area contributed by atoms with Gasteiger partial charge in [0.1, 0.15) is 0 Å². The minimum atomic E-state index is 0. The van der Waals surface area contributed by atoms with Crippen LogP contribution in [0.1, 0.15) is 39.0 Å². The van der Waals surface area contributed by atoms with Gasteiger partial charge in [-0.1, -0.05) is 6.92 Å². The summed E-state index contributed by atoms with van der Waals surface area (Å²) in [4.78, 5) is 0. The van der Waals surface area contributed by atoms with E-state index in [-0.39, 0.29) is 24.0 Å². The van der Waals surface area contributed by atoms with Crippen molar-refractivity contribution in [3.63, 3.8) is 0 Å². The van der Waals surface area contributed by atoms with Gasteiger partial charge in [-0.15, -0.1) is 0 Å². The van der Waals surface area contributed by atoms with Gasteiger partial charge in [0.15, 0.2) is 0 Å². The highest BCUT2D eigenvalue weighted by atomic mass is 127. The predicted molar refractivity (Wildman–Crippen MR) is 52.0 cm³/mol. The van der Waals surface area contributed by atoms with Crippen LogP contribution in [0.5, 0.6) is 0 Å². The zero-order valence-electron chi connectivity index (χ0n) is 8.93. The lowest BCUT2D eigenvalue weighted by Crippen LogP contribution is -3.00. The van der Waals surface area contributed by atoms with Gasteiger partial charge in [0, 0.05) is 5.92 Å². The monoisotopic (exact) mass is 295 g/mol. The lowest BCUT2D eigenvalue weighted by atomic mass is 9.86. The van der Waals surface area contributed by atoms with Crippen molar-refractivity contribution in [3.05, 3.63) is 0 Å². The zero-order chi connectivity index (χ0) is 8.60. The van der Waals surface area contributed by atoms with Gasteiger partial charge in [-0.3, -0.25) is 0 Å². The molecule has 0 spiro atoms. The van der Waals surface area contributed by atoms with Crippen molar-refractivity contribution >= 4 is 0 Å². The molecule has 0 amide bonds. The molecule has 0 bridgehead atoms. The van der Waals surface area contributed by atoms with Crippen LogP contribution < -0.4 is 24.0 Å². The molecule has 13 heavy (non-hydrogen) atoms. The third kappa shape index (κ3) is 2.38. The molecule has 0 aromatic carbocycles. The summed E-state index contributed by atoms with van der Waals surface area (Å²) in [6, 6.07) is 1.02. The predicted octanol–water partition coefficient (Wildman–Crippen LogP) is -0.581. The van der Waals surface area contributed by atoms with Crippen LogP contribution in [0.2, 0.25) is 0 Å². The number of hydrogen-bond acceptors (Lipinski definition) is 0. The highest BCUT2D eigenvalue weighted by Gasteiger charge is 2.39. The van der Waals surface area contributed by atoms with Crippen molar-refractivity contribution in [2.24, 2.45) is 5.92 Å². The summed E-state index contributed by atoms with van der Waals surface area (Å²) in [6.45, 7) is 5.33. The Kier molecular flexibility index (Phi) is 4.05. The maximum atomic E-state index is 2.49. The molecular weight excluding hydrogens is 273 g/mol. The van der Waals surface area contributed by atoms with E-state index in [1.807, 2.05) is 0 Å². The van der Waals surface area contributed by atoms with Crippen molar-refractivity contribution in [1.82, 2.24) is 0 Å². The molecule has 2 heterocycles. The van der Waals surface area contributed by atoms with Crippen LogP contribution in [0.25, 0.3) is 0 Å². The van der Waals surface area contributed by atoms with E-state index < -0.39 is 0 Å². The highest BCUT2D eigenvalue weighted by Crippen LogP contribution is 2.33. The Bertz CT molecular complexity index is 171. The first-order valence-electron chi connectivity index (χ1n) is 5.55. The quantitative estimate of drug-likeness (QED) is 0.414. The molecule has 0 aromatic heterocycles. The summed E-state index contributed by atoms with van der Waals surface area (Å²) >= 11 is 0. The normalized spacial score (nSPS) is 44.8. The van der Waals surface area contributed by atoms with Crippen LogP contribution in [-0.4, -0.2) is 30.7 Å². The van der Waals surface area contributed by atoms with Crippen LogP contribution in [-0.2, 0) is 0 Å². The molecule has 2 fully saturated rings. The molecule has 0 N–H and O–H groups in total. The molecule has 1 nitrogen and oxygen atoms in total. The third-order valence-corrected chi connectivity index (χ3v) is 4.06. The van der Waals surface area contributed by atoms with Gasteiger partial charge in [-0.05, 0) is 32.1 Å². The minimum Gasteiger partial charge on any atom is -1.00 e. The second-order valence-electron chi connectivity index (χ2n) is 5.22. The zero-order valence-corrected chi connectivity index (χ0v) is 11.1. The lowest BCUT2D eigenvalue weighted by Gasteiger charge is -2.49. The molecule has 2 saturated heterocycles. The standard InChI is InChI=1S/C11H22N.HI/c1-10-6-7-11-5-3-4-8-12(11,2)9-10;/h10-11H,3-9H2,1-2H3;1H/q+1;/p-1. The van der Waals surface area contributed by atoms with E-state index in [0.29, 0.717) is 0 Å². The van der Waals surface area contributed by atoms with E-state index in [1.54, 1.807) is 0 Å². The van der Waals surface area contributed by atoms with Crippen LogP contribution >= 0.6 is 0 Å². The van der Waals surface area contributed by atoms with Crippen molar-refractivity contribution in [1.29, 1.82) is 0 Å².